The Kier molecular flexibility index (Phi) is 37.3. The quantitative estimate of drug-likeness (QED) is 0.0582. The van der Waals surface area contributed by atoms with Crippen LogP contribution in [-0.4, -0.2) is 66.2 Å². The number of benzene rings is 11. The maximum atomic E-state index is 5.06. The van der Waals surface area contributed by atoms with Crippen LogP contribution in [0.3, 0.4) is 0 Å². The molecule has 0 bridgehead atoms. The molecule has 0 spiro atoms. The van der Waals surface area contributed by atoms with Crippen molar-refractivity contribution in [3.63, 3.8) is 0 Å². The highest BCUT2D eigenvalue weighted by atomic mass is 14.9. The van der Waals surface area contributed by atoms with Gasteiger partial charge in [0.25, 0.3) is 0 Å². The van der Waals surface area contributed by atoms with Crippen molar-refractivity contribution in [3.8, 4) is 0 Å². The van der Waals surface area contributed by atoms with E-state index in [9.17, 15) is 0 Å². The molecule has 0 aliphatic heterocycles. The topological polar surface area (TPSA) is 152 Å². The summed E-state index contributed by atoms with van der Waals surface area (Å²) in [5.41, 5.74) is 35.9. The molecule has 6 heterocycles. The number of aliphatic imine (C=N–C) groups is 6. The van der Waals surface area contributed by atoms with Gasteiger partial charge in [0.05, 0.1) is 69.8 Å². The molecule has 1 atom stereocenters. The molecule has 0 fully saturated rings. The molecule has 0 N–H and O–H groups in total. The van der Waals surface area contributed by atoms with Crippen LogP contribution in [0.5, 0.6) is 0 Å². The molecule has 0 unspecified atom stereocenters. The molecule has 674 valence electrons. The van der Waals surface area contributed by atoms with Gasteiger partial charge >= 0.3 is 0 Å². The number of hydrogen-bond acceptors (Lipinski definition) is 12. The maximum absolute atomic E-state index is 5.06. The molecule has 0 radical (unpaired) electrons. The van der Waals surface area contributed by atoms with Crippen LogP contribution < -0.4 is 0 Å². The van der Waals surface area contributed by atoms with Crippen LogP contribution >= 0.6 is 0 Å². The van der Waals surface area contributed by atoms with Crippen molar-refractivity contribution in [1.29, 1.82) is 0 Å². The van der Waals surface area contributed by atoms with Crippen molar-refractivity contribution in [2.24, 2.45) is 30.0 Å². The second-order valence-corrected chi connectivity index (χ2v) is 33.9. The average Bonchev–Trinajstić information content (AvgIpc) is 0.780. The van der Waals surface area contributed by atoms with Gasteiger partial charge in [-0.15, -0.1) is 0 Å². The van der Waals surface area contributed by atoms with Crippen molar-refractivity contribution in [1.82, 2.24) is 29.9 Å². The third-order valence-electron chi connectivity index (χ3n) is 23.0. The number of nitrogens with zero attached hydrogens (tertiary/aromatic N) is 12. The monoisotopic (exact) mass is 1770 g/mol. The molecular weight excluding hydrogens is 1650 g/mol. The van der Waals surface area contributed by atoms with E-state index < -0.39 is 0 Å². The highest BCUT2D eigenvalue weighted by Crippen LogP contribution is 2.38. The van der Waals surface area contributed by atoms with Gasteiger partial charge in [-0.25, -0.2) is 0 Å². The first-order valence-electron chi connectivity index (χ1n) is 46.0. The average molecular weight is 1770 g/mol. The minimum Gasteiger partial charge on any atom is -0.280 e. The molecule has 6 aromatic heterocycles. The largest absolute Gasteiger partial charge is 0.280 e. The SMILES string of the molecule is C(=NC(c1ccccc1)c1ccccc1)c1ccccn1.CC(=NC(c1ccccc1C)c1ccccc1C)c1ccccn1.CC(=N[C@@H](C)c1ccccc1)c1ccccn1.Cc1cc(C)c(C(N=Cc2ccccn2)c2c(C)cc(C)cc2C)c(C)c1.Cc1ccc(C(N=Cc2ccccn2)c2ccc(C)cc2)cc1.Cc1ccc(C(N=Cc2ccccn2)c2ccc(C)cc2)cc1. The first-order chi connectivity index (χ1) is 65.7. The molecule has 17 aromatic rings. The van der Waals surface area contributed by atoms with Crippen LogP contribution in [0, 0.1) is 83.1 Å². The first-order valence-corrected chi connectivity index (χ1v) is 46.0. The standard InChI is InChI=1S/C25H28N2.C22H22N2.2C21H20N2.C19H16N2.C15H16N2/c1-16-11-18(3)23(19(4)12-16)25(27-15-22-9-7-8-10-26-22)24-20(5)13-17(2)14-21(24)6;1-16-10-4-6-12-19(16)22(20-13-7-5-11-17(20)2)24-18(3)21-14-8-9-15-23-21;2*1-16-6-10-18(11-7-16)21(19-12-8-17(2)9-13-19)23-15-20-5-3-4-14-22-20;1-3-9-16(10-4-1)19(17-11-5-2-6-12-17)21-15-18-13-7-8-14-20-18;1-12(14-8-4-3-5-9-14)17-13(2)15-10-6-7-11-16-15/h7-15,25H,1-6H3;4-15,22H,1-3H3;2*3-15,21H,1-2H3;1-15,19H;3-12H,1-2H3/t;;;;;12-/m.....0/s1. The van der Waals surface area contributed by atoms with E-state index in [1.807, 2.05) is 209 Å². The summed E-state index contributed by atoms with van der Waals surface area (Å²) in [6.07, 6.45) is 18.2. The molecule has 17 rings (SSSR count). The fourth-order valence-electron chi connectivity index (χ4n) is 16.0. The maximum Gasteiger partial charge on any atom is 0.101 e. The summed E-state index contributed by atoms with van der Waals surface area (Å²) < 4.78 is 0. The van der Waals surface area contributed by atoms with E-state index >= 15 is 0 Å². The van der Waals surface area contributed by atoms with E-state index in [0.717, 1.165) is 45.6 Å². The molecule has 0 saturated carbocycles. The number of aryl methyl sites for hydroxylation is 12. The number of rotatable bonds is 23. The smallest absolute Gasteiger partial charge is 0.101 e. The molecule has 11 aromatic carbocycles. The molecule has 12 heteroatoms. The van der Waals surface area contributed by atoms with Crippen LogP contribution in [0.4, 0.5) is 0 Å². The van der Waals surface area contributed by atoms with Gasteiger partial charge in [0.2, 0.25) is 0 Å². The minimum absolute atomic E-state index is 0.00518. The van der Waals surface area contributed by atoms with Crippen LogP contribution in [0.1, 0.15) is 219 Å². The highest BCUT2D eigenvalue weighted by molar-refractivity contribution is 5.97. The zero-order chi connectivity index (χ0) is 95.1. The zero-order valence-corrected chi connectivity index (χ0v) is 80.3. The summed E-state index contributed by atoms with van der Waals surface area (Å²) in [5.74, 6) is 0. The molecular formula is C123H122N12. The normalized spacial score (nSPS) is 11.6. The first kappa shape index (κ1) is 98.4. The number of aromatic nitrogens is 6. The number of hydrogen-bond donors (Lipinski definition) is 0. The van der Waals surface area contributed by atoms with E-state index in [4.69, 9.17) is 25.0 Å². The molecule has 0 amide bonds. The van der Waals surface area contributed by atoms with E-state index in [-0.39, 0.29) is 36.3 Å². The fourth-order valence-corrected chi connectivity index (χ4v) is 16.0. The summed E-state index contributed by atoms with van der Waals surface area (Å²) in [6, 6.07) is 126. The molecule has 12 nitrogen and oxygen atoms in total. The predicted molar refractivity (Wildman–Crippen MR) is 566 cm³/mol. The van der Waals surface area contributed by atoms with Crippen molar-refractivity contribution < 1.29 is 0 Å². The lowest BCUT2D eigenvalue weighted by Crippen LogP contribution is -2.09. The van der Waals surface area contributed by atoms with E-state index in [1.54, 1.807) is 31.0 Å². The van der Waals surface area contributed by atoms with Gasteiger partial charge < -0.3 is 0 Å². The predicted octanol–water partition coefficient (Wildman–Crippen LogP) is 29.2. The van der Waals surface area contributed by atoms with Crippen LogP contribution in [0.25, 0.3) is 0 Å². The van der Waals surface area contributed by atoms with Gasteiger partial charge in [0.1, 0.15) is 12.1 Å². The molecule has 0 aliphatic carbocycles. The van der Waals surface area contributed by atoms with Crippen LogP contribution in [0.15, 0.2) is 437 Å². The van der Waals surface area contributed by atoms with Gasteiger partial charge in [0.15, 0.2) is 0 Å². The number of pyridine rings is 6. The van der Waals surface area contributed by atoms with Crippen molar-refractivity contribution >= 4 is 36.3 Å². The lowest BCUT2D eigenvalue weighted by atomic mass is 9.85. The van der Waals surface area contributed by atoms with Crippen molar-refractivity contribution in [3.05, 3.63) is 569 Å². The molecule has 0 saturated heterocycles. The highest BCUT2D eigenvalue weighted by Gasteiger charge is 2.24. The third-order valence-corrected chi connectivity index (χ3v) is 23.0. The Hall–Kier alpha value is -15.7. The van der Waals surface area contributed by atoms with Crippen LogP contribution in [-0.2, 0) is 0 Å². The van der Waals surface area contributed by atoms with Crippen LogP contribution in [0.2, 0.25) is 0 Å². The summed E-state index contributed by atoms with van der Waals surface area (Å²) in [7, 11) is 0. The second kappa shape index (κ2) is 51.2. The van der Waals surface area contributed by atoms with Gasteiger partial charge in [0, 0.05) is 62.0 Å². The van der Waals surface area contributed by atoms with E-state index in [2.05, 4.69) is 331 Å². The fraction of sp³-hybridized carbons (Fsp3) is 0.171. The van der Waals surface area contributed by atoms with E-state index in [1.165, 1.54) is 128 Å². The lowest BCUT2D eigenvalue weighted by Gasteiger charge is -2.23. The van der Waals surface area contributed by atoms with Gasteiger partial charge in [-0.2, -0.15) is 0 Å². The Labute approximate surface area is 800 Å². The third kappa shape index (κ3) is 30.2. The van der Waals surface area contributed by atoms with Gasteiger partial charge in [-0.05, 0) is 271 Å². The minimum atomic E-state index is -0.0341. The summed E-state index contributed by atoms with van der Waals surface area (Å²) in [6.45, 7) is 31.9. The lowest BCUT2D eigenvalue weighted by molar-refractivity contribution is 0.818. The Morgan fingerprint density at radius 2 is 0.459 bits per heavy atom. The summed E-state index contributed by atoms with van der Waals surface area (Å²) in [4.78, 5) is 55.2. The van der Waals surface area contributed by atoms with Gasteiger partial charge in [-0.3, -0.25) is 59.9 Å². The Balaban J connectivity index is 0.000000146. The zero-order valence-electron chi connectivity index (χ0n) is 80.3. The Morgan fingerprint density at radius 3 is 0.733 bits per heavy atom. The Morgan fingerprint density at radius 1 is 0.215 bits per heavy atom. The molecule has 0 aliphatic rings. The van der Waals surface area contributed by atoms with Crippen molar-refractivity contribution in [2.45, 2.75) is 140 Å². The second-order valence-electron chi connectivity index (χ2n) is 33.9. The molecule has 135 heavy (non-hydrogen) atoms. The Bertz CT molecular complexity index is 6240. The summed E-state index contributed by atoms with van der Waals surface area (Å²) in [5, 5.41) is 0. The van der Waals surface area contributed by atoms with Gasteiger partial charge in [-0.1, -0.05) is 331 Å². The van der Waals surface area contributed by atoms with E-state index in [0.29, 0.717) is 0 Å². The summed E-state index contributed by atoms with van der Waals surface area (Å²) >= 11 is 0. The van der Waals surface area contributed by atoms with Crippen molar-refractivity contribution in [2.75, 3.05) is 0 Å².